The average Bonchev–Trinajstić information content (AvgIpc) is 3.54. The van der Waals surface area contributed by atoms with Crippen molar-refractivity contribution in [2.24, 2.45) is 0 Å². The van der Waals surface area contributed by atoms with Crippen LogP contribution in [0, 0.1) is 6.92 Å². The Balaban J connectivity index is 1.27. The fourth-order valence-corrected chi connectivity index (χ4v) is 5.84. The molecule has 5 rings (SSSR count). The molecular weight excluding hydrogens is 412 g/mol. The van der Waals surface area contributed by atoms with Crippen LogP contribution >= 0.6 is 0 Å². The first-order valence-electron chi connectivity index (χ1n) is 11.9. The monoisotopic (exact) mass is 446 g/mol. The SMILES string of the molecule is COCC1(C(=O)N2C[C@@H]3C[C@H]2CN3C(=O)c2cn(C3CCOCC3)nc2C)CCCCO1. The second-order valence-corrected chi connectivity index (χ2v) is 9.64. The van der Waals surface area contributed by atoms with Crippen LogP contribution in [0.2, 0.25) is 0 Å². The van der Waals surface area contributed by atoms with E-state index in [-0.39, 0.29) is 30.5 Å². The van der Waals surface area contributed by atoms with Crippen molar-refractivity contribution in [1.82, 2.24) is 19.6 Å². The minimum Gasteiger partial charge on any atom is -0.381 e. The van der Waals surface area contributed by atoms with E-state index in [1.807, 2.05) is 27.6 Å². The van der Waals surface area contributed by atoms with E-state index in [9.17, 15) is 9.59 Å². The topological polar surface area (TPSA) is 86.1 Å². The van der Waals surface area contributed by atoms with E-state index in [4.69, 9.17) is 14.2 Å². The molecule has 9 nitrogen and oxygen atoms in total. The Labute approximate surface area is 188 Å². The first-order valence-corrected chi connectivity index (χ1v) is 11.9. The van der Waals surface area contributed by atoms with Crippen LogP contribution in [0.5, 0.6) is 0 Å². The number of piperazine rings is 1. The number of hydrogen-bond acceptors (Lipinski definition) is 6. The summed E-state index contributed by atoms with van der Waals surface area (Å²) in [7, 11) is 1.62. The highest BCUT2D eigenvalue weighted by molar-refractivity contribution is 5.96. The molecule has 1 aromatic heterocycles. The molecule has 1 aromatic rings. The van der Waals surface area contributed by atoms with Gasteiger partial charge in [0.1, 0.15) is 0 Å². The molecule has 1 unspecified atom stereocenters. The van der Waals surface area contributed by atoms with Gasteiger partial charge in [-0.25, -0.2) is 0 Å². The summed E-state index contributed by atoms with van der Waals surface area (Å²) in [6.45, 7) is 5.40. The largest absolute Gasteiger partial charge is 0.381 e. The van der Waals surface area contributed by atoms with Gasteiger partial charge in [-0.15, -0.1) is 0 Å². The van der Waals surface area contributed by atoms with Crippen LogP contribution in [0.25, 0.3) is 0 Å². The van der Waals surface area contributed by atoms with Crippen LogP contribution < -0.4 is 0 Å². The van der Waals surface area contributed by atoms with Gasteiger partial charge < -0.3 is 24.0 Å². The Morgan fingerprint density at radius 2 is 1.88 bits per heavy atom. The van der Waals surface area contributed by atoms with Crippen molar-refractivity contribution in [3.8, 4) is 0 Å². The Morgan fingerprint density at radius 3 is 2.53 bits per heavy atom. The Bertz CT molecular complexity index is 853. The molecule has 176 valence electrons. The standard InChI is InChI=1S/C23H34N4O5/c1-16-20(14-27(24-16)17-5-9-31-10-6-17)21(28)25-12-19-11-18(25)13-26(19)22(29)23(15-30-2)7-3-4-8-32-23/h14,17-19H,3-13,15H2,1-2H3/t18-,19-,23?/m0/s1. The molecule has 32 heavy (non-hydrogen) atoms. The van der Waals surface area contributed by atoms with Gasteiger partial charge in [0.2, 0.25) is 0 Å². The molecule has 4 aliphatic rings. The summed E-state index contributed by atoms with van der Waals surface area (Å²) >= 11 is 0. The summed E-state index contributed by atoms with van der Waals surface area (Å²) in [5.74, 6) is 0.0584. The van der Waals surface area contributed by atoms with Gasteiger partial charge in [0.25, 0.3) is 11.8 Å². The van der Waals surface area contributed by atoms with E-state index >= 15 is 0 Å². The molecule has 0 aliphatic carbocycles. The Morgan fingerprint density at radius 1 is 1.12 bits per heavy atom. The summed E-state index contributed by atoms with van der Waals surface area (Å²) in [4.78, 5) is 30.8. The van der Waals surface area contributed by atoms with Gasteiger partial charge in [-0.3, -0.25) is 14.3 Å². The number of carbonyl (C=O) groups excluding carboxylic acids is 2. The number of hydrogen-bond donors (Lipinski definition) is 0. The Hall–Kier alpha value is -1.97. The van der Waals surface area contributed by atoms with Crippen LogP contribution in [-0.2, 0) is 19.0 Å². The molecule has 3 atom stereocenters. The number of methoxy groups -OCH3 is 1. The molecule has 0 spiro atoms. The lowest BCUT2D eigenvalue weighted by molar-refractivity contribution is -0.175. The van der Waals surface area contributed by atoms with E-state index < -0.39 is 5.60 Å². The number of nitrogens with zero attached hydrogens (tertiary/aromatic N) is 4. The van der Waals surface area contributed by atoms with E-state index in [1.54, 1.807) is 7.11 Å². The van der Waals surface area contributed by atoms with Gasteiger partial charge in [0, 0.05) is 46.2 Å². The zero-order chi connectivity index (χ0) is 22.3. The van der Waals surface area contributed by atoms with E-state index in [2.05, 4.69) is 5.10 Å². The fourth-order valence-electron chi connectivity index (χ4n) is 5.84. The van der Waals surface area contributed by atoms with Crippen molar-refractivity contribution in [3.63, 3.8) is 0 Å². The zero-order valence-electron chi connectivity index (χ0n) is 19.1. The normalized spacial score (nSPS) is 30.8. The molecule has 0 saturated carbocycles. The first kappa shape index (κ1) is 21.9. The second-order valence-electron chi connectivity index (χ2n) is 9.64. The highest BCUT2D eigenvalue weighted by atomic mass is 16.5. The summed E-state index contributed by atoms with van der Waals surface area (Å²) in [5, 5.41) is 4.64. The van der Waals surface area contributed by atoms with Crippen LogP contribution in [0.1, 0.15) is 60.6 Å². The lowest BCUT2D eigenvalue weighted by atomic mass is 9.92. The van der Waals surface area contributed by atoms with E-state index in [1.165, 1.54) is 0 Å². The molecule has 5 heterocycles. The van der Waals surface area contributed by atoms with Crippen molar-refractivity contribution in [2.75, 3.05) is 46.6 Å². The van der Waals surface area contributed by atoms with Crippen molar-refractivity contribution >= 4 is 11.8 Å². The third-order valence-electron chi connectivity index (χ3n) is 7.59. The van der Waals surface area contributed by atoms with Crippen molar-refractivity contribution in [2.45, 2.75) is 69.2 Å². The maximum absolute atomic E-state index is 13.5. The predicted molar refractivity (Wildman–Crippen MR) is 115 cm³/mol. The smallest absolute Gasteiger partial charge is 0.257 e. The first-order chi connectivity index (χ1) is 15.5. The highest BCUT2D eigenvalue weighted by Gasteiger charge is 2.53. The van der Waals surface area contributed by atoms with Crippen LogP contribution in [-0.4, -0.2) is 95.7 Å². The summed E-state index contributed by atoms with van der Waals surface area (Å²) in [5.41, 5.74) is 0.577. The van der Waals surface area contributed by atoms with E-state index in [0.29, 0.717) is 37.7 Å². The minimum absolute atomic E-state index is 0.0286. The lowest BCUT2D eigenvalue weighted by Crippen LogP contribution is -2.60. The number of fused-ring (bicyclic) bond motifs is 2. The molecule has 2 bridgehead atoms. The number of ether oxygens (including phenoxy) is 3. The number of carbonyl (C=O) groups is 2. The third kappa shape index (κ3) is 3.74. The maximum Gasteiger partial charge on any atom is 0.257 e. The molecular formula is C23H34N4O5. The summed E-state index contributed by atoms with van der Waals surface area (Å²) < 4.78 is 18.8. The molecule has 4 fully saturated rings. The predicted octanol–water partition coefficient (Wildman–Crippen LogP) is 1.55. The number of amides is 2. The van der Waals surface area contributed by atoms with Crippen LogP contribution in [0.15, 0.2) is 6.20 Å². The zero-order valence-corrected chi connectivity index (χ0v) is 19.1. The van der Waals surface area contributed by atoms with Crippen molar-refractivity contribution in [1.29, 1.82) is 0 Å². The molecule has 0 radical (unpaired) electrons. The quantitative estimate of drug-likeness (QED) is 0.682. The lowest BCUT2D eigenvalue weighted by Gasteiger charge is -2.42. The van der Waals surface area contributed by atoms with Gasteiger partial charge in [-0.2, -0.15) is 5.10 Å². The molecule has 2 amide bonds. The van der Waals surface area contributed by atoms with Gasteiger partial charge >= 0.3 is 0 Å². The summed E-state index contributed by atoms with van der Waals surface area (Å²) in [6.07, 6.45) is 7.23. The molecule has 4 aliphatic heterocycles. The molecule has 0 N–H and O–H groups in total. The van der Waals surface area contributed by atoms with Gasteiger partial charge in [-0.1, -0.05) is 0 Å². The van der Waals surface area contributed by atoms with Gasteiger partial charge in [-0.05, 0) is 45.4 Å². The molecule has 9 heteroatoms. The number of aromatic nitrogens is 2. The van der Waals surface area contributed by atoms with Gasteiger partial charge in [0.15, 0.2) is 5.60 Å². The van der Waals surface area contributed by atoms with Crippen molar-refractivity contribution in [3.05, 3.63) is 17.5 Å². The maximum atomic E-state index is 13.5. The second kappa shape index (κ2) is 8.76. The fraction of sp³-hybridized carbons (Fsp3) is 0.783. The number of rotatable bonds is 5. The number of aryl methyl sites for hydroxylation is 1. The van der Waals surface area contributed by atoms with Crippen LogP contribution in [0.4, 0.5) is 0 Å². The number of likely N-dealkylation sites (tertiary alicyclic amines) is 2. The minimum atomic E-state index is -0.867. The summed E-state index contributed by atoms with van der Waals surface area (Å²) in [6, 6.07) is 0.381. The molecule has 4 saturated heterocycles. The Kier molecular flexibility index (Phi) is 5.98. The van der Waals surface area contributed by atoms with Gasteiger partial charge in [0.05, 0.1) is 36.0 Å². The van der Waals surface area contributed by atoms with Crippen LogP contribution in [0.3, 0.4) is 0 Å². The highest BCUT2D eigenvalue weighted by Crippen LogP contribution is 2.37. The third-order valence-corrected chi connectivity index (χ3v) is 7.59. The average molecular weight is 447 g/mol. The molecule has 0 aromatic carbocycles. The van der Waals surface area contributed by atoms with E-state index in [0.717, 1.165) is 51.0 Å². The van der Waals surface area contributed by atoms with Crippen molar-refractivity contribution < 1.29 is 23.8 Å².